The van der Waals surface area contributed by atoms with E-state index in [0.717, 1.165) is 71.9 Å². The molecule has 0 aliphatic carbocycles. The Morgan fingerprint density at radius 2 is 0.625 bits per heavy atom. The Balaban J connectivity index is 0.000000241. The van der Waals surface area contributed by atoms with Gasteiger partial charge in [0.15, 0.2) is 11.6 Å². The lowest BCUT2D eigenvalue weighted by Crippen LogP contribution is -2.17. The highest BCUT2D eigenvalue weighted by Crippen LogP contribution is 2.25. The first-order valence-electron chi connectivity index (χ1n) is 22.4. The maximum absolute atomic E-state index is 12.3. The minimum absolute atomic E-state index is 0.200. The number of hydrogen-bond donors (Lipinski definition) is 0. The van der Waals surface area contributed by atoms with E-state index in [2.05, 4.69) is 43.3 Å². The van der Waals surface area contributed by atoms with E-state index in [4.69, 9.17) is 0 Å². The van der Waals surface area contributed by atoms with Gasteiger partial charge >= 0.3 is 12.7 Å². The molecule has 0 aliphatic rings. The van der Waals surface area contributed by atoms with Gasteiger partial charge in [-0.25, -0.2) is 19.9 Å². The van der Waals surface area contributed by atoms with Crippen LogP contribution in [0.15, 0.2) is 122 Å². The van der Waals surface area contributed by atoms with E-state index in [1.165, 1.54) is 99.6 Å². The molecule has 0 saturated heterocycles. The van der Waals surface area contributed by atoms with E-state index in [1.54, 1.807) is 24.3 Å². The van der Waals surface area contributed by atoms with Crippen LogP contribution in [0.1, 0.15) is 111 Å². The molecule has 0 bridgehead atoms. The lowest BCUT2D eigenvalue weighted by molar-refractivity contribution is -0.275. The molecule has 0 fully saturated rings. The summed E-state index contributed by atoms with van der Waals surface area (Å²) in [5.74, 6) is 1.03. The third-order valence-corrected chi connectivity index (χ3v) is 10.7. The molecule has 6 rings (SSSR count). The van der Waals surface area contributed by atoms with Crippen LogP contribution in [0.25, 0.3) is 22.8 Å². The smallest absolute Gasteiger partial charge is 0.406 e. The van der Waals surface area contributed by atoms with E-state index >= 15 is 0 Å². The van der Waals surface area contributed by atoms with Gasteiger partial charge in [0, 0.05) is 35.9 Å². The lowest BCUT2D eigenvalue weighted by atomic mass is 10.0. The number of unbranched alkanes of at least 4 members (excludes halogenated alkanes) is 8. The summed E-state index contributed by atoms with van der Waals surface area (Å²) in [4.78, 5) is 18.1. The number of hydrogen-bond acceptors (Lipinski definition) is 6. The van der Waals surface area contributed by atoms with Gasteiger partial charge in [0.2, 0.25) is 0 Å². The molecule has 2 aromatic heterocycles. The third kappa shape index (κ3) is 18.5. The summed E-state index contributed by atoms with van der Waals surface area (Å²) < 4.78 is 81.3. The molecule has 4 aromatic carbocycles. The van der Waals surface area contributed by atoms with Gasteiger partial charge in [-0.1, -0.05) is 138 Å². The van der Waals surface area contributed by atoms with Crippen molar-refractivity contribution < 1.29 is 35.8 Å². The van der Waals surface area contributed by atoms with Gasteiger partial charge in [-0.2, -0.15) is 0 Å². The van der Waals surface area contributed by atoms with Crippen molar-refractivity contribution in [3.63, 3.8) is 0 Å². The minimum Gasteiger partial charge on any atom is -0.406 e. The molecule has 0 amide bonds. The second-order valence-corrected chi connectivity index (χ2v) is 15.9. The zero-order valence-electron chi connectivity index (χ0n) is 36.7. The molecule has 6 nitrogen and oxygen atoms in total. The van der Waals surface area contributed by atoms with Crippen LogP contribution in [-0.4, -0.2) is 32.7 Å². The number of alkyl halides is 6. The van der Waals surface area contributed by atoms with E-state index in [-0.39, 0.29) is 11.5 Å². The van der Waals surface area contributed by atoms with Gasteiger partial charge in [0.05, 0.1) is 0 Å². The number of aromatic nitrogens is 4. The molecule has 2 heterocycles. The third-order valence-electron chi connectivity index (χ3n) is 10.7. The number of rotatable bonds is 22. The second kappa shape index (κ2) is 25.5. The van der Waals surface area contributed by atoms with E-state index < -0.39 is 12.7 Å². The van der Waals surface area contributed by atoms with Crippen molar-refractivity contribution in [1.29, 1.82) is 0 Å². The molecule has 0 N–H and O–H groups in total. The van der Waals surface area contributed by atoms with E-state index in [0.29, 0.717) is 11.6 Å². The lowest BCUT2D eigenvalue weighted by Gasteiger charge is -2.09. The maximum Gasteiger partial charge on any atom is 0.573 e. The number of nitrogens with zero attached hydrogens (tertiary/aromatic N) is 4. The molecule has 340 valence electrons. The zero-order valence-corrected chi connectivity index (χ0v) is 36.7. The van der Waals surface area contributed by atoms with Crippen molar-refractivity contribution in [1.82, 2.24) is 19.9 Å². The Kier molecular flexibility index (Phi) is 19.6. The van der Waals surface area contributed by atoms with Gasteiger partial charge in [-0.05, 0) is 109 Å². The summed E-state index contributed by atoms with van der Waals surface area (Å²) in [6.45, 7) is 4.44. The topological polar surface area (TPSA) is 70.0 Å². The average molecular weight is 885 g/mol. The van der Waals surface area contributed by atoms with E-state index in [1.807, 2.05) is 73.3 Å². The number of halogens is 6. The average Bonchev–Trinajstić information content (AvgIpc) is 3.29. The summed E-state index contributed by atoms with van der Waals surface area (Å²) in [6, 6.07) is 28.2. The number of ether oxygens (including phenoxy) is 2. The Morgan fingerprint density at radius 1 is 0.344 bits per heavy atom. The Hall–Kier alpha value is -5.78. The van der Waals surface area contributed by atoms with Crippen molar-refractivity contribution in [2.75, 3.05) is 0 Å². The predicted octanol–water partition coefficient (Wildman–Crippen LogP) is 14.7. The highest BCUT2D eigenvalue weighted by atomic mass is 19.4. The molecule has 12 heteroatoms. The first-order chi connectivity index (χ1) is 30.9. The monoisotopic (exact) mass is 884 g/mol. The summed E-state index contributed by atoms with van der Waals surface area (Å²) >= 11 is 0. The minimum atomic E-state index is -4.67. The largest absolute Gasteiger partial charge is 0.573 e. The van der Waals surface area contributed by atoms with Crippen molar-refractivity contribution in [3.05, 3.63) is 155 Å². The summed E-state index contributed by atoms with van der Waals surface area (Å²) in [6.07, 6.45) is 16.0. The van der Waals surface area contributed by atoms with Crippen LogP contribution >= 0.6 is 0 Å². The summed E-state index contributed by atoms with van der Waals surface area (Å²) in [5, 5.41) is 0. The first-order valence-corrected chi connectivity index (χ1v) is 22.4. The van der Waals surface area contributed by atoms with Crippen molar-refractivity contribution in [2.45, 2.75) is 129 Å². The fourth-order valence-corrected chi connectivity index (χ4v) is 7.07. The van der Waals surface area contributed by atoms with Gasteiger partial charge in [0.1, 0.15) is 11.5 Å². The summed E-state index contributed by atoms with van der Waals surface area (Å²) in [7, 11) is 0. The highest BCUT2D eigenvalue weighted by Gasteiger charge is 2.31. The van der Waals surface area contributed by atoms with Gasteiger partial charge in [-0.3, -0.25) is 0 Å². The fourth-order valence-electron chi connectivity index (χ4n) is 7.07. The van der Waals surface area contributed by atoms with Gasteiger partial charge in [0.25, 0.3) is 0 Å². The number of benzene rings is 4. The standard InChI is InChI=1S/C27H31F3N2O.C25H27F3N2O/c1-2-3-4-5-6-7-8-23-19-31-26(32-20-23)24-15-11-21(12-16-24)9-10-22-13-17-25(18-14-22)33-27(28,29)30;1-2-3-4-5-6-21-17-29-24(30-18-21)22-13-9-19(10-14-22)7-8-20-11-15-23(16-12-20)31-25(26,27)28/h11-20H,2-10H2,1H3;9-18H,2-8H2,1H3. The molecular weight excluding hydrogens is 827 g/mol. The molecule has 0 saturated carbocycles. The molecule has 0 radical (unpaired) electrons. The zero-order chi connectivity index (χ0) is 45.6. The predicted molar refractivity (Wildman–Crippen MR) is 241 cm³/mol. The molecule has 0 unspecified atom stereocenters. The highest BCUT2D eigenvalue weighted by molar-refractivity contribution is 5.56. The quantitative estimate of drug-likeness (QED) is 0.0500. The van der Waals surface area contributed by atoms with Crippen LogP contribution in [0, 0.1) is 0 Å². The van der Waals surface area contributed by atoms with Crippen LogP contribution < -0.4 is 9.47 Å². The first kappa shape index (κ1) is 49.2. The van der Waals surface area contributed by atoms with Crippen LogP contribution in [-0.2, 0) is 38.5 Å². The van der Waals surface area contributed by atoms with Gasteiger partial charge < -0.3 is 9.47 Å². The van der Waals surface area contributed by atoms with Crippen LogP contribution in [0.4, 0.5) is 26.3 Å². The molecule has 64 heavy (non-hydrogen) atoms. The Bertz CT molecular complexity index is 2190. The molecule has 0 atom stereocenters. The normalized spacial score (nSPS) is 11.5. The van der Waals surface area contributed by atoms with Crippen molar-refractivity contribution in [2.24, 2.45) is 0 Å². The van der Waals surface area contributed by atoms with Crippen LogP contribution in [0.2, 0.25) is 0 Å². The van der Waals surface area contributed by atoms with Crippen LogP contribution in [0.5, 0.6) is 11.5 Å². The summed E-state index contributed by atoms with van der Waals surface area (Å²) in [5.41, 5.74) is 8.49. The number of aryl methyl sites for hydroxylation is 6. The molecule has 0 aliphatic heterocycles. The Morgan fingerprint density at radius 3 is 0.938 bits per heavy atom. The second-order valence-electron chi connectivity index (χ2n) is 15.9. The van der Waals surface area contributed by atoms with E-state index in [9.17, 15) is 26.3 Å². The maximum atomic E-state index is 12.3. The molecule has 6 aromatic rings. The van der Waals surface area contributed by atoms with Crippen LogP contribution in [0.3, 0.4) is 0 Å². The van der Waals surface area contributed by atoms with Crippen molar-refractivity contribution in [3.8, 4) is 34.3 Å². The van der Waals surface area contributed by atoms with Gasteiger partial charge in [-0.15, -0.1) is 26.3 Å². The SMILES string of the molecule is CCCCCCCCc1cnc(-c2ccc(CCc3ccc(OC(F)(F)F)cc3)cc2)nc1.CCCCCCc1cnc(-c2ccc(CCc3ccc(OC(F)(F)F)cc3)cc2)nc1. The fraction of sp³-hybridized carbons (Fsp3) is 0.385. The molecule has 0 spiro atoms. The van der Waals surface area contributed by atoms with Crippen molar-refractivity contribution >= 4 is 0 Å². The Labute approximate surface area is 373 Å². The molecular formula is C52H58F6N4O2.